The van der Waals surface area contributed by atoms with E-state index in [1.54, 1.807) is 0 Å². The van der Waals surface area contributed by atoms with Crippen LogP contribution >= 0.6 is 11.6 Å². The van der Waals surface area contributed by atoms with Crippen molar-refractivity contribution in [2.75, 3.05) is 5.32 Å². The normalized spacial score (nSPS) is 11.8. The van der Waals surface area contributed by atoms with Gasteiger partial charge in [-0.2, -0.15) is 0 Å². The highest BCUT2D eigenvalue weighted by Gasteiger charge is 2.17. The fraction of sp³-hybridized carbons (Fsp3) is 0.0833. The quantitative estimate of drug-likeness (QED) is 0.880. The molecule has 2 rings (SSSR count). The molecule has 1 heterocycles. The number of rotatable bonds is 4. The summed E-state index contributed by atoms with van der Waals surface area (Å²) in [6.07, 6.45) is 2.84. The summed E-state index contributed by atoms with van der Waals surface area (Å²) in [5, 5.41) is 3.20. The number of primary amides is 1. The molecule has 92 valence electrons. The zero-order valence-electron chi connectivity index (χ0n) is 9.38. The number of nitrogens with zero attached hydrogens (tertiary/aromatic N) is 2. The van der Waals surface area contributed by atoms with Crippen molar-refractivity contribution < 1.29 is 4.79 Å². The highest BCUT2D eigenvalue weighted by molar-refractivity contribution is 6.29. The zero-order valence-corrected chi connectivity index (χ0v) is 10.1. The molecule has 1 atom stereocenters. The number of halogens is 1. The van der Waals surface area contributed by atoms with Crippen molar-refractivity contribution in [3.8, 4) is 0 Å². The minimum atomic E-state index is -0.651. The lowest BCUT2D eigenvalue weighted by Gasteiger charge is -2.15. The Balaban J connectivity index is 2.22. The van der Waals surface area contributed by atoms with E-state index in [0.717, 1.165) is 5.56 Å². The van der Waals surface area contributed by atoms with Gasteiger partial charge < -0.3 is 11.1 Å². The van der Waals surface area contributed by atoms with Crippen LogP contribution in [0.1, 0.15) is 11.6 Å². The van der Waals surface area contributed by atoms with Crippen LogP contribution in [0, 0.1) is 0 Å². The van der Waals surface area contributed by atoms with Gasteiger partial charge in [-0.1, -0.05) is 41.9 Å². The van der Waals surface area contributed by atoms with Gasteiger partial charge >= 0.3 is 0 Å². The Bertz CT molecular complexity index is 530. The van der Waals surface area contributed by atoms with E-state index in [1.807, 2.05) is 30.3 Å². The van der Waals surface area contributed by atoms with E-state index < -0.39 is 11.9 Å². The van der Waals surface area contributed by atoms with Crippen LogP contribution < -0.4 is 11.1 Å². The number of nitrogens with one attached hydrogen (secondary N) is 1. The molecule has 1 amide bonds. The number of carbonyl (C=O) groups excluding carboxylic acids is 1. The third kappa shape index (κ3) is 2.95. The number of carbonyl (C=O) groups is 1. The molecule has 2 aromatic rings. The summed E-state index contributed by atoms with van der Waals surface area (Å²) in [5.74, 6) is -0.0509. The molecule has 18 heavy (non-hydrogen) atoms. The lowest BCUT2D eigenvalue weighted by molar-refractivity contribution is -0.118. The van der Waals surface area contributed by atoms with Crippen LogP contribution in [0.15, 0.2) is 42.7 Å². The maximum atomic E-state index is 11.5. The molecule has 0 bridgehead atoms. The van der Waals surface area contributed by atoms with Crippen LogP contribution in [-0.4, -0.2) is 15.9 Å². The SMILES string of the molecule is NC(=O)[C@H](Nc1cnc(Cl)cn1)c1ccccc1. The van der Waals surface area contributed by atoms with Crippen molar-refractivity contribution in [1.82, 2.24) is 9.97 Å². The number of hydrogen-bond acceptors (Lipinski definition) is 4. The van der Waals surface area contributed by atoms with Gasteiger partial charge in [0.15, 0.2) is 0 Å². The summed E-state index contributed by atoms with van der Waals surface area (Å²) in [4.78, 5) is 19.3. The first-order valence-corrected chi connectivity index (χ1v) is 5.63. The first kappa shape index (κ1) is 12.3. The molecular weight excluding hydrogens is 252 g/mol. The Kier molecular flexibility index (Phi) is 3.74. The fourth-order valence-corrected chi connectivity index (χ4v) is 1.60. The number of aromatic nitrogens is 2. The number of benzene rings is 1. The maximum absolute atomic E-state index is 11.5. The van der Waals surface area contributed by atoms with Crippen molar-refractivity contribution in [3.63, 3.8) is 0 Å². The number of hydrogen-bond donors (Lipinski definition) is 2. The Morgan fingerprint density at radius 2 is 1.94 bits per heavy atom. The molecule has 0 aliphatic carbocycles. The predicted molar refractivity (Wildman–Crippen MR) is 69.0 cm³/mol. The standard InChI is InChI=1S/C12H11ClN4O/c13-9-6-16-10(7-15-9)17-11(12(14)18)8-4-2-1-3-5-8/h1-7,11H,(H2,14,18)(H,16,17)/t11-/m1/s1. The largest absolute Gasteiger partial charge is 0.368 e. The molecule has 0 spiro atoms. The van der Waals surface area contributed by atoms with Crippen LogP contribution in [-0.2, 0) is 4.79 Å². The summed E-state index contributed by atoms with van der Waals surface area (Å²) in [7, 11) is 0. The summed E-state index contributed by atoms with van der Waals surface area (Å²) in [6.45, 7) is 0. The van der Waals surface area contributed by atoms with Gasteiger partial charge in [0.1, 0.15) is 17.0 Å². The average Bonchev–Trinajstić information content (AvgIpc) is 2.38. The molecule has 0 fully saturated rings. The van der Waals surface area contributed by atoms with Gasteiger partial charge in [0.2, 0.25) is 5.91 Å². The average molecular weight is 263 g/mol. The summed E-state index contributed by atoms with van der Waals surface area (Å²) >= 11 is 5.63. The van der Waals surface area contributed by atoms with E-state index in [4.69, 9.17) is 17.3 Å². The van der Waals surface area contributed by atoms with E-state index in [0.29, 0.717) is 5.82 Å². The number of nitrogens with two attached hydrogens (primary N) is 1. The maximum Gasteiger partial charge on any atom is 0.244 e. The van der Waals surface area contributed by atoms with E-state index >= 15 is 0 Å². The smallest absolute Gasteiger partial charge is 0.244 e. The first-order valence-electron chi connectivity index (χ1n) is 5.25. The van der Waals surface area contributed by atoms with Crippen molar-refractivity contribution >= 4 is 23.3 Å². The molecular formula is C12H11ClN4O. The van der Waals surface area contributed by atoms with Crippen LogP contribution in [0.25, 0.3) is 0 Å². The molecule has 1 aromatic carbocycles. The minimum Gasteiger partial charge on any atom is -0.368 e. The van der Waals surface area contributed by atoms with Crippen molar-refractivity contribution in [2.45, 2.75) is 6.04 Å². The lowest BCUT2D eigenvalue weighted by Crippen LogP contribution is -2.28. The molecule has 3 N–H and O–H groups in total. The molecule has 0 unspecified atom stereocenters. The van der Waals surface area contributed by atoms with E-state index in [-0.39, 0.29) is 5.15 Å². The molecule has 0 saturated carbocycles. The van der Waals surface area contributed by atoms with Crippen molar-refractivity contribution in [1.29, 1.82) is 0 Å². The Morgan fingerprint density at radius 1 is 1.22 bits per heavy atom. The van der Waals surface area contributed by atoms with E-state index in [1.165, 1.54) is 12.4 Å². The van der Waals surface area contributed by atoms with Crippen LogP contribution in [0.4, 0.5) is 5.82 Å². The van der Waals surface area contributed by atoms with Gasteiger partial charge in [-0.3, -0.25) is 4.79 Å². The predicted octanol–water partition coefficient (Wildman–Crippen LogP) is 1.77. The number of amides is 1. The Hall–Kier alpha value is -2.14. The van der Waals surface area contributed by atoms with Crippen molar-refractivity contribution in [3.05, 3.63) is 53.4 Å². The third-order valence-electron chi connectivity index (χ3n) is 2.33. The minimum absolute atomic E-state index is 0.288. The first-order chi connectivity index (χ1) is 8.66. The number of anilines is 1. The van der Waals surface area contributed by atoms with Gasteiger partial charge in [-0.15, -0.1) is 0 Å². The monoisotopic (exact) mass is 262 g/mol. The molecule has 0 radical (unpaired) electrons. The molecule has 5 nitrogen and oxygen atoms in total. The molecule has 0 aliphatic rings. The fourth-order valence-electron chi connectivity index (χ4n) is 1.50. The van der Waals surface area contributed by atoms with Crippen LogP contribution in [0.5, 0.6) is 0 Å². The van der Waals surface area contributed by atoms with Crippen molar-refractivity contribution in [2.24, 2.45) is 5.73 Å². The zero-order chi connectivity index (χ0) is 13.0. The summed E-state index contributed by atoms with van der Waals surface area (Å²) in [5.41, 5.74) is 6.14. The Labute approximate surface area is 109 Å². The second kappa shape index (κ2) is 5.46. The molecule has 1 aromatic heterocycles. The molecule has 6 heteroatoms. The van der Waals surface area contributed by atoms with Gasteiger partial charge in [0.05, 0.1) is 12.4 Å². The van der Waals surface area contributed by atoms with E-state index in [2.05, 4.69) is 15.3 Å². The highest BCUT2D eigenvalue weighted by atomic mass is 35.5. The summed E-state index contributed by atoms with van der Waals surface area (Å²) in [6, 6.07) is 8.50. The molecule has 0 aliphatic heterocycles. The molecule has 0 saturated heterocycles. The van der Waals surface area contributed by atoms with Crippen LogP contribution in [0.2, 0.25) is 5.15 Å². The van der Waals surface area contributed by atoms with Gasteiger partial charge in [-0.25, -0.2) is 9.97 Å². The second-order valence-electron chi connectivity index (χ2n) is 3.61. The Morgan fingerprint density at radius 3 is 2.50 bits per heavy atom. The third-order valence-corrected chi connectivity index (χ3v) is 2.53. The topological polar surface area (TPSA) is 80.9 Å². The highest BCUT2D eigenvalue weighted by Crippen LogP contribution is 2.17. The van der Waals surface area contributed by atoms with Gasteiger partial charge in [0.25, 0.3) is 0 Å². The van der Waals surface area contributed by atoms with Gasteiger partial charge in [-0.05, 0) is 5.56 Å². The summed E-state index contributed by atoms with van der Waals surface area (Å²) < 4.78 is 0. The van der Waals surface area contributed by atoms with Crippen LogP contribution in [0.3, 0.4) is 0 Å². The van der Waals surface area contributed by atoms with E-state index in [9.17, 15) is 4.79 Å². The lowest BCUT2D eigenvalue weighted by atomic mass is 10.1. The second-order valence-corrected chi connectivity index (χ2v) is 4.00. The van der Waals surface area contributed by atoms with Gasteiger partial charge in [0, 0.05) is 0 Å².